The summed E-state index contributed by atoms with van der Waals surface area (Å²) in [5, 5.41) is 15.4. The third-order valence-electron chi connectivity index (χ3n) is 5.58. The number of aromatic nitrogens is 4. The molecule has 0 amide bonds. The molecule has 1 aliphatic rings. The van der Waals surface area contributed by atoms with E-state index in [0.29, 0.717) is 41.6 Å². The van der Waals surface area contributed by atoms with Crippen LogP contribution in [-0.4, -0.2) is 43.0 Å². The summed E-state index contributed by atoms with van der Waals surface area (Å²) in [5.41, 5.74) is 0.782. The molecule has 0 spiro atoms. The van der Waals surface area contributed by atoms with Crippen LogP contribution < -0.4 is 10.5 Å². The summed E-state index contributed by atoms with van der Waals surface area (Å²) in [5.74, 6) is 1.09. The Balaban J connectivity index is 1.86. The first-order valence-electron chi connectivity index (χ1n) is 10.1. The SMILES string of the molecule is CC(C)CCn1c(=O)c2ccccc2n2c(=S)n(C[NH+]3CCC[C@@H](O)C3)nc12. The van der Waals surface area contributed by atoms with Gasteiger partial charge in [0.25, 0.3) is 5.56 Å². The lowest BCUT2D eigenvalue weighted by Crippen LogP contribution is -3.13. The van der Waals surface area contributed by atoms with E-state index in [4.69, 9.17) is 17.3 Å². The fraction of sp³-hybridized carbons (Fsp3) is 0.550. The van der Waals surface area contributed by atoms with Crippen LogP contribution >= 0.6 is 12.2 Å². The Morgan fingerprint density at radius 3 is 2.89 bits per heavy atom. The zero-order valence-electron chi connectivity index (χ0n) is 16.5. The molecular formula is C20H28N5O2S+. The minimum absolute atomic E-state index is 0.0170. The number of hydrogen-bond donors (Lipinski definition) is 2. The van der Waals surface area contributed by atoms with E-state index >= 15 is 0 Å². The van der Waals surface area contributed by atoms with Gasteiger partial charge in [-0.1, -0.05) is 26.0 Å². The molecule has 4 rings (SSSR count). The maximum Gasteiger partial charge on any atom is 0.262 e. The van der Waals surface area contributed by atoms with Crippen LogP contribution in [0.3, 0.4) is 0 Å². The number of fused-ring (bicyclic) bond motifs is 3. The first-order valence-corrected chi connectivity index (χ1v) is 10.5. The summed E-state index contributed by atoms with van der Waals surface area (Å²) in [6, 6.07) is 7.59. The Labute approximate surface area is 168 Å². The number of aliphatic hydroxyl groups is 1. The maximum absolute atomic E-state index is 13.1. The van der Waals surface area contributed by atoms with Gasteiger partial charge in [-0.05, 0) is 49.5 Å². The number of benzene rings is 1. The standard InChI is InChI=1S/C20H27N5O2S/c1-14(2)9-11-23-18(27)16-7-3-4-8-17(16)25-19(23)21-24(20(25)28)13-22-10-5-6-15(26)12-22/h3-4,7-8,14-15,26H,5-6,9-13H2,1-2H3/p+1/t15-/m1/s1. The molecular weight excluding hydrogens is 374 g/mol. The van der Waals surface area contributed by atoms with Gasteiger partial charge in [-0.3, -0.25) is 13.8 Å². The highest BCUT2D eigenvalue weighted by Crippen LogP contribution is 2.15. The highest BCUT2D eigenvalue weighted by atomic mass is 32.1. The molecule has 0 aliphatic carbocycles. The fourth-order valence-electron chi connectivity index (χ4n) is 4.04. The van der Waals surface area contributed by atoms with Gasteiger partial charge >= 0.3 is 0 Å². The second-order valence-corrected chi connectivity index (χ2v) is 8.60. The quantitative estimate of drug-likeness (QED) is 0.630. The molecule has 1 saturated heterocycles. The van der Waals surface area contributed by atoms with Crippen molar-refractivity contribution in [1.82, 2.24) is 18.7 Å². The number of likely N-dealkylation sites (tertiary alicyclic amines) is 1. The first kappa shape index (κ1) is 19.3. The largest absolute Gasteiger partial charge is 0.387 e. The zero-order chi connectivity index (χ0) is 19.8. The van der Waals surface area contributed by atoms with Crippen molar-refractivity contribution >= 4 is 28.9 Å². The monoisotopic (exact) mass is 402 g/mol. The summed E-state index contributed by atoms with van der Waals surface area (Å²) < 4.78 is 6.09. The number of para-hydroxylation sites is 1. The van der Waals surface area contributed by atoms with Gasteiger partial charge in [0, 0.05) is 6.54 Å². The van der Waals surface area contributed by atoms with Crippen LogP contribution in [0.1, 0.15) is 33.1 Å². The van der Waals surface area contributed by atoms with Crippen LogP contribution in [0.5, 0.6) is 0 Å². The zero-order valence-corrected chi connectivity index (χ0v) is 17.3. The molecule has 3 heterocycles. The normalized spacial score (nSPS) is 20.4. The number of aliphatic hydroxyl groups excluding tert-OH is 1. The molecule has 2 N–H and O–H groups in total. The van der Waals surface area contributed by atoms with Gasteiger partial charge < -0.3 is 10.0 Å². The lowest BCUT2D eigenvalue weighted by atomic mass is 10.1. The van der Waals surface area contributed by atoms with Crippen LogP contribution in [0, 0.1) is 10.7 Å². The summed E-state index contributed by atoms with van der Waals surface area (Å²) in [6.45, 7) is 7.22. The lowest BCUT2D eigenvalue weighted by Gasteiger charge is -2.26. The van der Waals surface area contributed by atoms with Crippen molar-refractivity contribution in [3.8, 4) is 0 Å². The van der Waals surface area contributed by atoms with E-state index in [9.17, 15) is 9.90 Å². The molecule has 0 bridgehead atoms. The summed E-state index contributed by atoms with van der Waals surface area (Å²) in [4.78, 5) is 14.4. The van der Waals surface area contributed by atoms with Crippen LogP contribution in [0.4, 0.5) is 0 Å². The summed E-state index contributed by atoms with van der Waals surface area (Å²) in [6.07, 6.45) is 2.50. The van der Waals surface area contributed by atoms with Gasteiger partial charge in [-0.25, -0.2) is 0 Å². The van der Waals surface area contributed by atoms with Crippen molar-refractivity contribution in [3.63, 3.8) is 0 Å². The van der Waals surface area contributed by atoms with Crippen molar-refractivity contribution in [2.24, 2.45) is 5.92 Å². The number of quaternary nitrogens is 1. The minimum atomic E-state index is -0.264. The van der Waals surface area contributed by atoms with Crippen molar-refractivity contribution in [2.45, 2.75) is 52.4 Å². The van der Waals surface area contributed by atoms with Crippen molar-refractivity contribution in [2.75, 3.05) is 13.1 Å². The third-order valence-corrected chi connectivity index (χ3v) is 5.97. The number of rotatable bonds is 5. The van der Waals surface area contributed by atoms with Crippen LogP contribution in [0.2, 0.25) is 0 Å². The molecule has 28 heavy (non-hydrogen) atoms. The number of hydrogen-bond acceptors (Lipinski definition) is 4. The summed E-state index contributed by atoms with van der Waals surface area (Å²) in [7, 11) is 0. The molecule has 1 aromatic carbocycles. The van der Waals surface area contributed by atoms with Gasteiger partial charge in [0.05, 0.1) is 17.4 Å². The second kappa shape index (κ2) is 7.77. The van der Waals surface area contributed by atoms with Gasteiger partial charge in [0.2, 0.25) is 10.5 Å². The van der Waals surface area contributed by atoms with E-state index in [1.807, 2.05) is 33.3 Å². The molecule has 7 nitrogen and oxygen atoms in total. The third kappa shape index (κ3) is 3.52. The Bertz CT molecular complexity index is 1110. The van der Waals surface area contributed by atoms with Crippen LogP contribution in [0.25, 0.3) is 16.7 Å². The highest BCUT2D eigenvalue weighted by molar-refractivity contribution is 7.71. The molecule has 150 valence electrons. The number of aryl methyl sites for hydroxylation is 1. The molecule has 8 heteroatoms. The molecule has 1 unspecified atom stereocenters. The number of nitrogens with zero attached hydrogens (tertiary/aromatic N) is 4. The Hall–Kier alpha value is -2.03. The van der Waals surface area contributed by atoms with Gasteiger partial charge in [-0.15, -0.1) is 5.10 Å². The molecule has 1 aliphatic heterocycles. The van der Waals surface area contributed by atoms with Gasteiger partial charge in [-0.2, -0.15) is 4.68 Å². The van der Waals surface area contributed by atoms with Gasteiger partial charge in [0.15, 0.2) is 6.67 Å². The molecule has 0 saturated carbocycles. The molecule has 3 aromatic rings. The van der Waals surface area contributed by atoms with E-state index in [-0.39, 0.29) is 11.7 Å². The first-order chi connectivity index (χ1) is 13.5. The predicted octanol–water partition coefficient (Wildman–Crippen LogP) is 1.22. The van der Waals surface area contributed by atoms with Gasteiger partial charge in [0.1, 0.15) is 12.6 Å². The second-order valence-electron chi connectivity index (χ2n) is 8.23. The maximum atomic E-state index is 13.1. The Morgan fingerprint density at radius 2 is 2.14 bits per heavy atom. The van der Waals surface area contributed by atoms with Crippen LogP contribution in [-0.2, 0) is 13.2 Å². The Kier molecular flexibility index (Phi) is 5.35. The van der Waals surface area contributed by atoms with Crippen molar-refractivity contribution in [3.05, 3.63) is 39.4 Å². The molecule has 2 aromatic heterocycles. The average molecular weight is 403 g/mol. The molecule has 0 radical (unpaired) electrons. The highest BCUT2D eigenvalue weighted by Gasteiger charge is 2.23. The van der Waals surface area contributed by atoms with E-state index in [1.54, 1.807) is 4.57 Å². The van der Waals surface area contributed by atoms with E-state index in [1.165, 1.54) is 4.90 Å². The average Bonchev–Trinajstić information content (AvgIpc) is 2.98. The lowest BCUT2D eigenvalue weighted by molar-refractivity contribution is -0.931. The van der Waals surface area contributed by atoms with E-state index in [2.05, 4.69) is 13.8 Å². The smallest absolute Gasteiger partial charge is 0.262 e. The predicted molar refractivity (Wildman–Crippen MR) is 111 cm³/mol. The Morgan fingerprint density at radius 1 is 1.36 bits per heavy atom. The minimum Gasteiger partial charge on any atom is -0.387 e. The van der Waals surface area contributed by atoms with E-state index < -0.39 is 0 Å². The molecule has 1 fully saturated rings. The van der Waals surface area contributed by atoms with Crippen molar-refractivity contribution < 1.29 is 10.0 Å². The number of nitrogens with one attached hydrogen (secondary N) is 1. The fourth-order valence-corrected chi connectivity index (χ4v) is 4.33. The molecule has 2 atom stereocenters. The summed E-state index contributed by atoms with van der Waals surface area (Å²) >= 11 is 5.76. The number of piperidine rings is 1. The van der Waals surface area contributed by atoms with E-state index in [0.717, 1.165) is 31.3 Å². The van der Waals surface area contributed by atoms with Crippen LogP contribution in [0.15, 0.2) is 29.1 Å². The topological polar surface area (TPSA) is 68.9 Å². The van der Waals surface area contributed by atoms with Crippen molar-refractivity contribution in [1.29, 1.82) is 0 Å².